The van der Waals surface area contributed by atoms with Crippen LogP contribution in [-0.2, 0) is 4.79 Å². The Balaban J connectivity index is 0.000000924. The quantitative estimate of drug-likeness (QED) is 0.731. The third-order valence-electron chi connectivity index (χ3n) is 4.82. The predicted octanol–water partition coefficient (Wildman–Crippen LogP) is 4.07. The van der Waals surface area contributed by atoms with Crippen LogP contribution < -0.4 is 5.32 Å². The van der Waals surface area contributed by atoms with E-state index in [0.29, 0.717) is 11.5 Å². The minimum absolute atomic E-state index is 0.0264. The van der Waals surface area contributed by atoms with Crippen molar-refractivity contribution in [1.82, 2.24) is 5.32 Å². The number of carbonyl (C=O) groups excluding carboxylic acids is 1. The van der Waals surface area contributed by atoms with Crippen LogP contribution in [0.5, 0.6) is 5.75 Å². The van der Waals surface area contributed by atoms with Gasteiger partial charge in [-0.2, -0.15) is 0 Å². The molecule has 1 aliphatic heterocycles. The Bertz CT molecular complexity index is 626. The highest BCUT2D eigenvalue weighted by atomic mass is 16.3. The lowest BCUT2D eigenvalue weighted by Gasteiger charge is -2.36. The van der Waals surface area contributed by atoms with Gasteiger partial charge >= 0.3 is 0 Å². The highest BCUT2D eigenvalue weighted by molar-refractivity contribution is 6.23. The molecule has 1 amide bonds. The molecule has 0 aromatic heterocycles. The van der Waals surface area contributed by atoms with Crippen molar-refractivity contribution < 1.29 is 15.0 Å². The number of aromatic hydroxyl groups is 1. The average Bonchev–Trinajstić information content (AvgIpc) is 2.78. The third-order valence-corrected chi connectivity index (χ3v) is 4.82. The maximum absolute atomic E-state index is 12.4. The maximum Gasteiger partial charge on any atom is 0.256 e. The zero-order valence-electron chi connectivity index (χ0n) is 14.4. The summed E-state index contributed by atoms with van der Waals surface area (Å²) in [5, 5.41) is 23.7. The minimum Gasteiger partial charge on any atom is -0.509 e. The lowest BCUT2D eigenvalue weighted by atomic mass is 9.76. The van der Waals surface area contributed by atoms with Gasteiger partial charge < -0.3 is 15.5 Å². The molecule has 1 aromatic carbocycles. The number of aliphatic hydroxyl groups excluding tert-OH is 1. The predicted molar refractivity (Wildman–Crippen MR) is 92.2 cm³/mol. The number of carbonyl (C=O) groups is 1. The van der Waals surface area contributed by atoms with Gasteiger partial charge in [0.1, 0.15) is 11.5 Å². The van der Waals surface area contributed by atoms with Crippen LogP contribution in [0.25, 0.3) is 5.57 Å². The summed E-state index contributed by atoms with van der Waals surface area (Å²) in [4.78, 5) is 12.4. The number of hydrogen-bond donors (Lipinski definition) is 3. The second kappa shape index (κ2) is 6.65. The number of phenols is 1. The first-order valence-electron chi connectivity index (χ1n) is 8.49. The summed E-state index contributed by atoms with van der Waals surface area (Å²) in [6, 6.07) is 5.08. The highest BCUT2D eigenvalue weighted by Crippen LogP contribution is 2.44. The molecule has 1 aliphatic carbocycles. The molecule has 4 nitrogen and oxygen atoms in total. The summed E-state index contributed by atoms with van der Waals surface area (Å²) < 4.78 is 0. The molecule has 1 saturated carbocycles. The number of benzene rings is 1. The van der Waals surface area contributed by atoms with E-state index in [2.05, 4.69) is 12.2 Å². The molecule has 2 aliphatic rings. The molecule has 0 unspecified atom stereocenters. The van der Waals surface area contributed by atoms with E-state index in [4.69, 9.17) is 0 Å². The van der Waals surface area contributed by atoms with Crippen LogP contribution in [0.3, 0.4) is 0 Å². The van der Waals surface area contributed by atoms with Crippen molar-refractivity contribution >= 4 is 11.5 Å². The molecule has 0 atom stereocenters. The molecule has 4 heteroatoms. The summed E-state index contributed by atoms with van der Waals surface area (Å²) in [5.41, 5.74) is 0.954. The first kappa shape index (κ1) is 17.4. The van der Waals surface area contributed by atoms with Crippen molar-refractivity contribution in [3.8, 4) is 5.75 Å². The standard InChI is InChI=1S/C17H21NO3.C2H6/c1-10-5-7-17(8-6-10)15(20)14(16(21)18-17)12-9-11(2)3-4-13(12)19;1-2/h3-4,9-10,19-20H,5-8H2,1-2H3,(H,18,21);1-2H3. The topological polar surface area (TPSA) is 69.6 Å². The van der Waals surface area contributed by atoms with Crippen molar-refractivity contribution in [3.05, 3.63) is 35.1 Å². The molecule has 3 rings (SSSR count). The highest BCUT2D eigenvalue weighted by Gasteiger charge is 2.47. The van der Waals surface area contributed by atoms with E-state index in [-0.39, 0.29) is 23.0 Å². The number of phenolic OH excluding ortho intramolecular Hbond substituents is 1. The van der Waals surface area contributed by atoms with Gasteiger partial charge in [0, 0.05) is 5.56 Å². The van der Waals surface area contributed by atoms with Gasteiger partial charge in [0.25, 0.3) is 5.91 Å². The summed E-state index contributed by atoms with van der Waals surface area (Å²) >= 11 is 0. The Labute approximate surface area is 138 Å². The summed E-state index contributed by atoms with van der Waals surface area (Å²) in [6.07, 6.45) is 3.47. The van der Waals surface area contributed by atoms with Crippen LogP contribution in [-0.4, -0.2) is 21.7 Å². The van der Waals surface area contributed by atoms with E-state index >= 15 is 0 Å². The summed E-state index contributed by atoms with van der Waals surface area (Å²) in [6.45, 7) is 8.09. The van der Waals surface area contributed by atoms with Crippen molar-refractivity contribution in [1.29, 1.82) is 0 Å². The number of amides is 1. The number of aryl methyl sites for hydroxylation is 1. The fraction of sp³-hybridized carbons (Fsp3) is 0.526. The average molecular weight is 317 g/mol. The fourth-order valence-electron chi connectivity index (χ4n) is 3.40. The zero-order valence-corrected chi connectivity index (χ0v) is 14.4. The van der Waals surface area contributed by atoms with Gasteiger partial charge in [-0.05, 0) is 50.7 Å². The van der Waals surface area contributed by atoms with Gasteiger partial charge in [0.2, 0.25) is 0 Å². The van der Waals surface area contributed by atoms with E-state index in [1.807, 2.05) is 20.8 Å². The molecule has 126 valence electrons. The Morgan fingerprint density at radius 3 is 2.39 bits per heavy atom. The first-order chi connectivity index (χ1) is 10.9. The van der Waals surface area contributed by atoms with Crippen molar-refractivity contribution in [2.45, 2.75) is 58.9 Å². The molecular formula is C19H27NO3. The Morgan fingerprint density at radius 2 is 1.78 bits per heavy atom. The molecule has 0 radical (unpaired) electrons. The maximum atomic E-state index is 12.4. The van der Waals surface area contributed by atoms with Crippen molar-refractivity contribution in [2.75, 3.05) is 0 Å². The lowest BCUT2D eigenvalue weighted by Crippen LogP contribution is -2.47. The molecule has 1 fully saturated rings. The van der Waals surface area contributed by atoms with Gasteiger partial charge in [0.15, 0.2) is 0 Å². The fourth-order valence-corrected chi connectivity index (χ4v) is 3.40. The molecule has 3 N–H and O–H groups in total. The number of rotatable bonds is 1. The van der Waals surface area contributed by atoms with Gasteiger partial charge in [-0.3, -0.25) is 4.79 Å². The van der Waals surface area contributed by atoms with Crippen LogP contribution in [0.15, 0.2) is 24.0 Å². The third kappa shape index (κ3) is 3.07. The van der Waals surface area contributed by atoms with Gasteiger partial charge in [0.05, 0.1) is 11.1 Å². The van der Waals surface area contributed by atoms with Crippen molar-refractivity contribution in [2.24, 2.45) is 5.92 Å². The van der Waals surface area contributed by atoms with E-state index in [9.17, 15) is 15.0 Å². The number of aliphatic hydroxyl groups is 1. The molecule has 1 aromatic rings. The van der Waals surface area contributed by atoms with Crippen LogP contribution >= 0.6 is 0 Å². The second-order valence-electron chi connectivity index (χ2n) is 6.46. The molecule has 0 bridgehead atoms. The van der Waals surface area contributed by atoms with E-state index < -0.39 is 5.54 Å². The normalized spacial score (nSPS) is 26.8. The Hall–Kier alpha value is -1.97. The van der Waals surface area contributed by atoms with Gasteiger partial charge in [-0.1, -0.05) is 32.4 Å². The Morgan fingerprint density at radius 1 is 1.17 bits per heavy atom. The lowest BCUT2D eigenvalue weighted by molar-refractivity contribution is -0.116. The van der Waals surface area contributed by atoms with Crippen LogP contribution in [0.4, 0.5) is 0 Å². The van der Waals surface area contributed by atoms with Crippen LogP contribution in [0.1, 0.15) is 57.6 Å². The summed E-state index contributed by atoms with van der Waals surface area (Å²) in [5.74, 6) is 0.457. The molecular weight excluding hydrogens is 290 g/mol. The van der Waals surface area contributed by atoms with Crippen LogP contribution in [0, 0.1) is 12.8 Å². The van der Waals surface area contributed by atoms with E-state index in [0.717, 1.165) is 31.2 Å². The minimum atomic E-state index is -0.630. The molecule has 23 heavy (non-hydrogen) atoms. The van der Waals surface area contributed by atoms with Gasteiger partial charge in [-0.15, -0.1) is 0 Å². The van der Waals surface area contributed by atoms with Crippen molar-refractivity contribution in [3.63, 3.8) is 0 Å². The van der Waals surface area contributed by atoms with E-state index in [1.165, 1.54) is 0 Å². The van der Waals surface area contributed by atoms with Gasteiger partial charge in [-0.25, -0.2) is 0 Å². The molecule has 1 spiro atoms. The van der Waals surface area contributed by atoms with E-state index in [1.54, 1.807) is 18.2 Å². The number of hydrogen-bond acceptors (Lipinski definition) is 3. The molecule has 1 heterocycles. The molecule has 0 saturated heterocycles. The smallest absolute Gasteiger partial charge is 0.256 e. The monoisotopic (exact) mass is 317 g/mol. The summed E-state index contributed by atoms with van der Waals surface area (Å²) in [7, 11) is 0. The Kier molecular flexibility index (Phi) is 5.03. The van der Waals surface area contributed by atoms with Crippen LogP contribution in [0.2, 0.25) is 0 Å². The zero-order chi connectivity index (χ0) is 17.2. The largest absolute Gasteiger partial charge is 0.509 e. The second-order valence-corrected chi connectivity index (χ2v) is 6.46. The SMILES string of the molecule is CC.Cc1ccc(O)c(C2=C(O)C3(CCC(C)CC3)NC2=O)c1. The first-order valence-corrected chi connectivity index (χ1v) is 8.49. The number of nitrogens with one attached hydrogen (secondary N) is 1.